The Morgan fingerprint density at radius 3 is 2.66 bits per heavy atom. The van der Waals surface area contributed by atoms with Crippen LogP contribution >= 0.6 is 0 Å². The average molecular weight is 424 g/mol. The van der Waals surface area contributed by atoms with Gasteiger partial charge in [0.15, 0.2) is 0 Å². The Morgan fingerprint density at radius 1 is 1.34 bits per heavy atom. The van der Waals surface area contributed by atoms with Crippen LogP contribution in [0, 0.1) is 0 Å². The average Bonchev–Trinajstić information content (AvgIpc) is 3.09. The van der Waals surface area contributed by atoms with Gasteiger partial charge in [0.1, 0.15) is 12.7 Å². The highest BCUT2D eigenvalue weighted by atomic mass is 32.2. The second-order valence-electron chi connectivity index (χ2n) is 6.93. The van der Waals surface area contributed by atoms with Crippen LogP contribution in [0.3, 0.4) is 0 Å². The highest BCUT2D eigenvalue weighted by Gasteiger charge is 2.32. The zero-order valence-electron chi connectivity index (χ0n) is 16.1. The molecule has 1 aromatic rings. The van der Waals surface area contributed by atoms with Crippen LogP contribution in [-0.2, 0) is 19.6 Å². The van der Waals surface area contributed by atoms with Crippen molar-refractivity contribution < 1.29 is 22.8 Å². The topological polar surface area (TPSA) is 148 Å². The molecule has 2 atom stereocenters. The summed E-state index contributed by atoms with van der Waals surface area (Å²) in [6, 6.07) is 5.80. The molecular weight excluding hydrogens is 400 g/mol. The molecule has 4 N–H and O–H groups in total. The number of alkyl carbamates (subject to hydrolysis) is 1. The first-order valence-electron chi connectivity index (χ1n) is 9.06. The van der Waals surface area contributed by atoms with E-state index in [1.807, 2.05) is 13.8 Å². The minimum absolute atomic E-state index is 0.00238. The number of benzene rings is 1. The Labute approximate surface area is 169 Å². The predicted octanol–water partition coefficient (Wildman–Crippen LogP) is 0.305. The number of anilines is 1. The van der Waals surface area contributed by atoms with Gasteiger partial charge in [0.2, 0.25) is 16.0 Å². The van der Waals surface area contributed by atoms with Gasteiger partial charge in [-0.1, -0.05) is 0 Å². The van der Waals surface area contributed by atoms with Gasteiger partial charge in [-0.2, -0.15) is 5.06 Å². The quantitative estimate of drug-likeness (QED) is 0.616. The lowest BCUT2D eigenvalue weighted by molar-refractivity contribution is -0.121. The summed E-state index contributed by atoms with van der Waals surface area (Å²) in [6.07, 6.45) is 0.874. The van der Waals surface area contributed by atoms with E-state index in [4.69, 9.17) is 14.7 Å². The standard InChI is InChI=1S/C17H24N6O5S/c1-11(2)21-17(24)28-14-9-23(27-10-14)13-7-19-16(20-8-13)22-12-3-5-15(6-4-12)29(18,25)26/h3-7,11,13-14H,8-10H2,1-2H3,(H,20,22)(H,21,24)(H2,18,25,26). The highest BCUT2D eigenvalue weighted by molar-refractivity contribution is 7.89. The van der Waals surface area contributed by atoms with Crippen molar-refractivity contribution in [3.63, 3.8) is 0 Å². The number of rotatable bonds is 5. The first-order valence-corrected chi connectivity index (χ1v) is 10.6. The van der Waals surface area contributed by atoms with Gasteiger partial charge in [-0.05, 0) is 38.1 Å². The molecule has 158 valence electrons. The molecule has 0 saturated carbocycles. The third-order valence-electron chi connectivity index (χ3n) is 4.10. The molecule has 1 fully saturated rings. The van der Waals surface area contributed by atoms with Crippen molar-refractivity contribution in [3.8, 4) is 0 Å². The summed E-state index contributed by atoms with van der Waals surface area (Å²) >= 11 is 0. The smallest absolute Gasteiger partial charge is 0.407 e. The molecule has 1 aromatic carbocycles. The molecule has 11 nitrogen and oxygen atoms in total. The number of guanidine groups is 1. The molecule has 2 aliphatic rings. The number of amides is 1. The van der Waals surface area contributed by atoms with Gasteiger partial charge in [0, 0.05) is 17.9 Å². The van der Waals surface area contributed by atoms with Gasteiger partial charge in [-0.25, -0.2) is 28.3 Å². The van der Waals surface area contributed by atoms with Crippen LogP contribution in [0.4, 0.5) is 10.5 Å². The number of nitrogens with zero attached hydrogens (tertiary/aromatic N) is 3. The molecule has 2 unspecified atom stereocenters. The van der Waals surface area contributed by atoms with E-state index in [0.717, 1.165) is 0 Å². The van der Waals surface area contributed by atoms with Gasteiger partial charge in [-0.15, -0.1) is 0 Å². The van der Waals surface area contributed by atoms with E-state index in [-0.39, 0.29) is 29.7 Å². The van der Waals surface area contributed by atoms with E-state index in [0.29, 0.717) is 24.7 Å². The van der Waals surface area contributed by atoms with Crippen LogP contribution < -0.4 is 15.8 Å². The van der Waals surface area contributed by atoms with Gasteiger partial charge in [0.05, 0.1) is 24.0 Å². The van der Waals surface area contributed by atoms with E-state index in [1.165, 1.54) is 12.1 Å². The summed E-state index contributed by atoms with van der Waals surface area (Å²) in [4.78, 5) is 25.9. The molecular formula is C17H24N6O5S. The number of ether oxygens (including phenoxy) is 1. The third-order valence-corrected chi connectivity index (χ3v) is 5.03. The second kappa shape index (κ2) is 8.86. The summed E-state index contributed by atoms with van der Waals surface area (Å²) in [7, 11) is -3.73. The molecule has 0 aromatic heterocycles. The third kappa shape index (κ3) is 5.97. The van der Waals surface area contributed by atoms with Crippen LogP contribution in [0.1, 0.15) is 13.8 Å². The van der Waals surface area contributed by atoms with E-state index in [9.17, 15) is 13.2 Å². The summed E-state index contributed by atoms with van der Waals surface area (Å²) in [5.74, 6) is 0.396. The molecule has 12 heteroatoms. The summed E-state index contributed by atoms with van der Waals surface area (Å²) in [6.45, 7) is 4.83. The molecule has 1 amide bonds. The van der Waals surface area contributed by atoms with Crippen molar-refractivity contribution >= 4 is 34.0 Å². The molecule has 0 spiro atoms. The number of hydroxylamine groups is 2. The largest absolute Gasteiger partial charge is 0.442 e. The van der Waals surface area contributed by atoms with Crippen LogP contribution in [0.25, 0.3) is 0 Å². The van der Waals surface area contributed by atoms with Crippen molar-refractivity contribution in [3.05, 3.63) is 24.3 Å². The lowest BCUT2D eigenvalue weighted by Crippen LogP contribution is -2.40. The second-order valence-corrected chi connectivity index (χ2v) is 8.49. The number of hydrogen-bond acceptors (Lipinski definition) is 9. The zero-order valence-corrected chi connectivity index (χ0v) is 16.9. The molecule has 2 heterocycles. The minimum atomic E-state index is -3.73. The van der Waals surface area contributed by atoms with Crippen LogP contribution in [0.2, 0.25) is 0 Å². The van der Waals surface area contributed by atoms with Crippen molar-refractivity contribution in [1.29, 1.82) is 0 Å². The summed E-state index contributed by atoms with van der Waals surface area (Å²) in [5, 5.41) is 12.4. The van der Waals surface area contributed by atoms with E-state index in [2.05, 4.69) is 20.6 Å². The van der Waals surface area contributed by atoms with Crippen LogP contribution in [-0.4, -0.2) is 69.6 Å². The monoisotopic (exact) mass is 424 g/mol. The lowest BCUT2D eigenvalue weighted by atomic mass is 10.2. The predicted molar refractivity (Wildman–Crippen MR) is 107 cm³/mol. The zero-order chi connectivity index (χ0) is 21.0. The number of aliphatic imine (C=N–C) groups is 2. The van der Waals surface area contributed by atoms with Gasteiger partial charge in [0.25, 0.3) is 0 Å². The summed E-state index contributed by atoms with van der Waals surface area (Å²) < 4.78 is 27.9. The number of nitrogens with one attached hydrogen (secondary N) is 2. The van der Waals surface area contributed by atoms with Crippen LogP contribution in [0.15, 0.2) is 39.1 Å². The molecule has 29 heavy (non-hydrogen) atoms. The van der Waals surface area contributed by atoms with Crippen molar-refractivity contribution in [2.75, 3.05) is 25.0 Å². The number of primary sulfonamides is 1. The molecule has 0 radical (unpaired) electrons. The van der Waals surface area contributed by atoms with E-state index < -0.39 is 16.1 Å². The van der Waals surface area contributed by atoms with Gasteiger partial charge in [-0.3, -0.25) is 4.84 Å². The number of nitrogens with two attached hydrogens (primary N) is 1. The first kappa shape index (κ1) is 21.2. The molecule has 2 aliphatic heterocycles. The molecule has 1 saturated heterocycles. The normalized spacial score (nSPS) is 22.4. The Morgan fingerprint density at radius 2 is 2.07 bits per heavy atom. The maximum absolute atomic E-state index is 11.7. The van der Waals surface area contributed by atoms with Gasteiger partial charge >= 0.3 is 6.09 Å². The lowest BCUT2D eigenvalue weighted by Gasteiger charge is -2.23. The maximum atomic E-state index is 11.7. The molecule has 0 bridgehead atoms. The van der Waals surface area contributed by atoms with Crippen LogP contribution in [0.5, 0.6) is 0 Å². The summed E-state index contributed by atoms with van der Waals surface area (Å²) in [5.41, 5.74) is 0.633. The van der Waals surface area contributed by atoms with E-state index in [1.54, 1.807) is 23.4 Å². The SMILES string of the molecule is CC(C)NC(=O)OC1CON(C2C=NC(Nc3ccc(S(N)(=O)=O)cc3)=NC2)C1. The highest BCUT2D eigenvalue weighted by Crippen LogP contribution is 2.16. The number of sulfonamides is 1. The van der Waals surface area contributed by atoms with Crippen molar-refractivity contribution in [1.82, 2.24) is 10.4 Å². The first-order chi connectivity index (χ1) is 13.7. The maximum Gasteiger partial charge on any atom is 0.407 e. The molecule has 0 aliphatic carbocycles. The Hall–Kier alpha value is -2.54. The number of carbonyl (C=O) groups excluding carboxylic acids is 1. The van der Waals surface area contributed by atoms with E-state index >= 15 is 0 Å². The Kier molecular flexibility index (Phi) is 6.47. The fourth-order valence-electron chi connectivity index (χ4n) is 2.73. The van der Waals surface area contributed by atoms with Crippen molar-refractivity contribution in [2.45, 2.75) is 36.9 Å². The number of carbonyl (C=O) groups is 1. The Balaban J connectivity index is 1.49. The van der Waals surface area contributed by atoms with Gasteiger partial charge < -0.3 is 15.4 Å². The fourth-order valence-corrected chi connectivity index (χ4v) is 3.24. The fraction of sp³-hybridized carbons (Fsp3) is 0.471. The van der Waals surface area contributed by atoms with Crippen molar-refractivity contribution in [2.24, 2.45) is 15.1 Å². The molecule has 3 rings (SSSR count). The minimum Gasteiger partial charge on any atom is -0.442 e. The Bertz CT molecular complexity index is 899. The number of hydrogen-bond donors (Lipinski definition) is 3.